The van der Waals surface area contributed by atoms with Crippen LogP contribution in [0.1, 0.15) is 29.7 Å². The number of nitrogens with one attached hydrogen (secondary N) is 1. The van der Waals surface area contributed by atoms with Gasteiger partial charge in [0, 0.05) is 40.7 Å². The number of fused-ring (bicyclic) bond motifs is 6. The quantitative estimate of drug-likeness (QED) is 0.370. The van der Waals surface area contributed by atoms with Gasteiger partial charge in [-0.3, -0.25) is 0 Å². The van der Waals surface area contributed by atoms with Crippen molar-refractivity contribution in [3.63, 3.8) is 0 Å². The summed E-state index contributed by atoms with van der Waals surface area (Å²) in [5, 5.41) is 15.9. The van der Waals surface area contributed by atoms with Crippen molar-refractivity contribution >= 4 is 27.4 Å². The first-order valence-electron chi connectivity index (χ1n) is 12.4. The molecular weight excluding hydrogens is 474 g/mol. The highest BCUT2D eigenvalue weighted by Crippen LogP contribution is 2.45. The van der Waals surface area contributed by atoms with Crippen LogP contribution in [-0.4, -0.2) is 46.4 Å². The van der Waals surface area contributed by atoms with Gasteiger partial charge < -0.3 is 20.1 Å². The highest BCUT2D eigenvalue weighted by Gasteiger charge is 2.44. The fourth-order valence-corrected chi connectivity index (χ4v) is 6.33. The zero-order valence-electron chi connectivity index (χ0n) is 20.4. The lowest BCUT2D eigenvalue weighted by Crippen LogP contribution is -2.60. The van der Waals surface area contributed by atoms with Crippen molar-refractivity contribution < 1.29 is 18.6 Å². The van der Waals surface area contributed by atoms with Crippen molar-refractivity contribution in [2.24, 2.45) is 0 Å². The number of aromatic hydroxyl groups is 1. The molecule has 2 fully saturated rings. The Balaban J connectivity index is 1.57. The van der Waals surface area contributed by atoms with E-state index in [4.69, 9.17) is 16.1 Å². The number of nitrogens with zero attached hydrogens (tertiary/aromatic N) is 3. The summed E-state index contributed by atoms with van der Waals surface area (Å²) in [5.41, 5.74) is 1.54. The van der Waals surface area contributed by atoms with Crippen molar-refractivity contribution in [1.29, 1.82) is 0 Å². The smallest absolute Gasteiger partial charge is 0.226 e. The number of ether oxygens (including phenoxy) is 1. The van der Waals surface area contributed by atoms with Crippen LogP contribution in [0.4, 0.5) is 14.6 Å². The SMILES string of the molecule is C#Cc1c(F)ccc2cc(O)cc(-c3nc4c5c(nc(C)c(C)c5c3F)N3C[C@H]5CC[C@H](N5)[C@H]3CO4)c12. The number of hydrogen-bond acceptors (Lipinski definition) is 6. The predicted molar refractivity (Wildman–Crippen MR) is 138 cm³/mol. The van der Waals surface area contributed by atoms with E-state index in [1.807, 2.05) is 13.8 Å². The van der Waals surface area contributed by atoms with Crippen LogP contribution in [0.2, 0.25) is 0 Å². The van der Waals surface area contributed by atoms with Crippen molar-refractivity contribution in [2.75, 3.05) is 18.1 Å². The molecule has 186 valence electrons. The third-order valence-electron chi connectivity index (χ3n) is 8.19. The molecule has 2 N–H and O–H groups in total. The molecule has 0 aliphatic carbocycles. The van der Waals surface area contributed by atoms with Gasteiger partial charge in [0.1, 0.15) is 29.7 Å². The first-order valence-corrected chi connectivity index (χ1v) is 12.4. The van der Waals surface area contributed by atoms with Gasteiger partial charge in [-0.1, -0.05) is 12.0 Å². The fraction of sp³-hybridized carbons (Fsp3) is 0.310. The first kappa shape index (κ1) is 22.3. The van der Waals surface area contributed by atoms with Crippen LogP contribution in [0.3, 0.4) is 0 Å². The molecule has 6 nitrogen and oxygen atoms in total. The lowest BCUT2D eigenvalue weighted by molar-refractivity contribution is 0.238. The topological polar surface area (TPSA) is 70.5 Å². The van der Waals surface area contributed by atoms with E-state index < -0.39 is 11.6 Å². The van der Waals surface area contributed by atoms with Crippen molar-refractivity contribution in [1.82, 2.24) is 15.3 Å². The molecule has 2 aromatic heterocycles. The number of rotatable bonds is 1. The summed E-state index contributed by atoms with van der Waals surface area (Å²) >= 11 is 0. The summed E-state index contributed by atoms with van der Waals surface area (Å²) in [6.07, 6.45) is 7.80. The van der Waals surface area contributed by atoms with E-state index in [2.05, 4.69) is 21.1 Å². The number of pyridine rings is 2. The number of benzene rings is 2. The van der Waals surface area contributed by atoms with Gasteiger partial charge >= 0.3 is 0 Å². The number of hydrogen-bond donors (Lipinski definition) is 2. The van der Waals surface area contributed by atoms with Gasteiger partial charge in [-0.2, -0.15) is 0 Å². The lowest BCUT2D eigenvalue weighted by atomic mass is 9.94. The van der Waals surface area contributed by atoms with Crippen LogP contribution in [0, 0.1) is 37.8 Å². The number of aromatic nitrogens is 2. The third kappa shape index (κ3) is 3.07. The molecule has 37 heavy (non-hydrogen) atoms. The number of phenols is 1. The van der Waals surface area contributed by atoms with Gasteiger partial charge in [0.2, 0.25) is 5.88 Å². The highest BCUT2D eigenvalue weighted by atomic mass is 19.1. The molecule has 7 rings (SSSR count). The summed E-state index contributed by atoms with van der Waals surface area (Å²) in [4.78, 5) is 11.8. The molecule has 8 heteroatoms. The maximum absolute atomic E-state index is 16.6. The summed E-state index contributed by atoms with van der Waals surface area (Å²) in [7, 11) is 0. The molecule has 4 aromatic rings. The van der Waals surface area contributed by atoms with Gasteiger partial charge in [-0.05, 0) is 55.8 Å². The van der Waals surface area contributed by atoms with E-state index in [1.54, 1.807) is 0 Å². The second kappa shape index (κ2) is 7.77. The summed E-state index contributed by atoms with van der Waals surface area (Å²) in [5.74, 6) is 2.06. The minimum Gasteiger partial charge on any atom is -0.508 e. The van der Waals surface area contributed by atoms with Crippen LogP contribution in [0.5, 0.6) is 11.6 Å². The minimum atomic E-state index is -0.601. The number of terminal acetylenes is 1. The second-order valence-corrected chi connectivity index (χ2v) is 10.2. The average molecular weight is 499 g/mol. The summed E-state index contributed by atoms with van der Waals surface area (Å²) in [6.45, 7) is 4.84. The maximum Gasteiger partial charge on any atom is 0.226 e. The van der Waals surface area contributed by atoms with E-state index in [9.17, 15) is 9.50 Å². The molecule has 3 aliphatic rings. The predicted octanol–water partition coefficient (Wildman–Crippen LogP) is 4.73. The molecule has 2 aromatic carbocycles. The Labute approximate surface area is 212 Å². The zero-order valence-corrected chi connectivity index (χ0v) is 20.4. The molecule has 0 radical (unpaired) electrons. The van der Waals surface area contributed by atoms with E-state index in [0.29, 0.717) is 51.3 Å². The molecule has 0 spiro atoms. The molecular formula is C29H24F2N4O2. The van der Waals surface area contributed by atoms with Crippen LogP contribution in [0.15, 0.2) is 24.3 Å². The monoisotopic (exact) mass is 498 g/mol. The van der Waals surface area contributed by atoms with Crippen molar-refractivity contribution in [3.8, 4) is 35.2 Å². The normalized spacial score (nSPS) is 22.0. The Bertz CT molecular complexity index is 1700. The number of anilines is 1. The van der Waals surface area contributed by atoms with E-state index in [0.717, 1.165) is 19.4 Å². The van der Waals surface area contributed by atoms with Gasteiger partial charge in [-0.15, -0.1) is 6.42 Å². The maximum atomic E-state index is 16.6. The molecule has 3 atom stereocenters. The summed E-state index contributed by atoms with van der Waals surface area (Å²) in [6, 6.07) is 6.25. The van der Waals surface area contributed by atoms with Crippen molar-refractivity contribution in [2.45, 2.75) is 44.8 Å². The highest BCUT2D eigenvalue weighted by molar-refractivity contribution is 6.06. The molecule has 0 saturated carbocycles. The fourth-order valence-electron chi connectivity index (χ4n) is 6.33. The molecule has 0 amide bonds. The Morgan fingerprint density at radius 1 is 1.14 bits per heavy atom. The summed E-state index contributed by atoms with van der Waals surface area (Å²) < 4.78 is 37.7. The molecule has 5 heterocycles. The Morgan fingerprint density at radius 3 is 2.78 bits per heavy atom. The Morgan fingerprint density at radius 2 is 1.97 bits per heavy atom. The van der Waals surface area contributed by atoms with Gasteiger partial charge in [0.05, 0.1) is 17.0 Å². The lowest BCUT2D eigenvalue weighted by Gasteiger charge is -2.40. The largest absolute Gasteiger partial charge is 0.508 e. The molecule has 2 bridgehead atoms. The van der Waals surface area contributed by atoms with E-state index in [-0.39, 0.29) is 40.5 Å². The van der Waals surface area contributed by atoms with Gasteiger partial charge in [0.15, 0.2) is 5.82 Å². The van der Waals surface area contributed by atoms with Crippen LogP contribution in [-0.2, 0) is 0 Å². The van der Waals surface area contributed by atoms with Crippen molar-refractivity contribution in [3.05, 3.63) is 52.7 Å². The number of aryl methyl sites for hydroxylation is 2. The van der Waals surface area contributed by atoms with Gasteiger partial charge in [-0.25, -0.2) is 18.7 Å². The second-order valence-electron chi connectivity index (χ2n) is 10.2. The number of phenolic OH excluding ortho intramolecular Hbond substituents is 1. The zero-order chi connectivity index (χ0) is 25.6. The van der Waals surface area contributed by atoms with Crippen LogP contribution >= 0.6 is 0 Å². The van der Waals surface area contributed by atoms with Crippen LogP contribution in [0.25, 0.3) is 32.8 Å². The van der Waals surface area contributed by atoms with Gasteiger partial charge in [0.25, 0.3) is 0 Å². The van der Waals surface area contributed by atoms with Crippen LogP contribution < -0.4 is 15.0 Å². The molecule has 3 aliphatic heterocycles. The first-order chi connectivity index (χ1) is 17.9. The molecule has 2 saturated heterocycles. The van der Waals surface area contributed by atoms with E-state index in [1.165, 1.54) is 24.3 Å². The number of piperazine rings is 1. The van der Waals surface area contributed by atoms with E-state index >= 15 is 4.39 Å². The Hall–Kier alpha value is -3.96. The number of halogens is 2. The third-order valence-corrected chi connectivity index (χ3v) is 8.19. The Kier molecular flexibility index (Phi) is 4.67. The average Bonchev–Trinajstić information content (AvgIpc) is 3.20. The molecule has 0 unspecified atom stereocenters. The standard InChI is InChI=1S/C29H24F2N4O2/c1-4-18-20(30)7-5-15-9-17(36)10-19(24(15)18)27-26(31)23-13(2)14(3)32-28-25(23)29(34-27)37-12-22-21-8-6-16(33-21)11-35(22)28/h1,5,7,9-10,16,21-22,33,36H,6,8,11-12H2,2-3H3/t16-,21+,22-/m1/s1. The minimum absolute atomic E-state index is 0.0110.